The minimum Gasteiger partial charge on any atom is -0.611 e. The zero-order valence-corrected chi connectivity index (χ0v) is 16.5. The molecule has 6 heteroatoms. The first kappa shape index (κ1) is 18.5. The molecule has 2 N–H and O–H groups in total. The van der Waals surface area contributed by atoms with E-state index < -0.39 is 16.6 Å². The Morgan fingerprint density at radius 1 is 1.10 bits per heavy atom. The van der Waals surface area contributed by atoms with Gasteiger partial charge in [-0.2, -0.15) is 9.44 Å². The van der Waals surface area contributed by atoms with Crippen LogP contribution in [0.15, 0.2) is 54.6 Å². The summed E-state index contributed by atoms with van der Waals surface area (Å²) in [5, 5.41) is 14.5. The number of nitrogens with two attached hydrogens (primary N) is 1. The molecule has 30 heavy (non-hydrogen) atoms. The van der Waals surface area contributed by atoms with Gasteiger partial charge in [0.15, 0.2) is 11.4 Å². The summed E-state index contributed by atoms with van der Waals surface area (Å²) in [6, 6.07) is 16.8. The number of aryl methyl sites for hydroxylation is 1. The number of carbonyl (C=O) groups excluding carboxylic acids is 2. The van der Waals surface area contributed by atoms with Gasteiger partial charge in [0.05, 0.1) is 12.0 Å². The van der Waals surface area contributed by atoms with Crippen molar-refractivity contribution in [2.75, 3.05) is 0 Å². The third-order valence-electron chi connectivity index (χ3n) is 5.88. The van der Waals surface area contributed by atoms with E-state index in [1.165, 1.54) is 0 Å². The molecule has 5 rings (SSSR count). The zero-order chi connectivity index (χ0) is 21.0. The van der Waals surface area contributed by atoms with Crippen LogP contribution in [0.2, 0.25) is 0 Å². The van der Waals surface area contributed by atoms with Gasteiger partial charge >= 0.3 is 6.09 Å². The molecule has 0 radical (unpaired) electrons. The largest absolute Gasteiger partial charge is 0.611 e. The third kappa shape index (κ3) is 2.58. The van der Waals surface area contributed by atoms with Gasteiger partial charge < -0.3 is 15.7 Å². The van der Waals surface area contributed by atoms with Crippen molar-refractivity contribution < 1.29 is 14.3 Å². The Bertz CT molecular complexity index is 1230. The quantitative estimate of drug-likeness (QED) is 0.408. The van der Waals surface area contributed by atoms with Crippen LogP contribution in [0, 0.1) is 12.1 Å². The fraction of sp³-hybridized carbons (Fsp3) is 0.167. The highest BCUT2D eigenvalue weighted by Crippen LogP contribution is 2.51. The summed E-state index contributed by atoms with van der Waals surface area (Å²) in [4.78, 5) is 24.9. The van der Waals surface area contributed by atoms with Gasteiger partial charge in [0, 0.05) is 17.2 Å². The topological polar surface area (TPSA) is 92.4 Å². The van der Waals surface area contributed by atoms with Crippen molar-refractivity contribution in [3.05, 3.63) is 87.6 Å². The van der Waals surface area contributed by atoms with Gasteiger partial charge in [0.2, 0.25) is 5.91 Å². The SMILES string of the molecule is Cc1ccc2c(c1)COC(=O)[N+]2([O-])c1c(CC(N)=O)ccc2c1-c1ccccc1C2. The van der Waals surface area contributed by atoms with Crippen molar-refractivity contribution in [3.8, 4) is 11.1 Å². The molecule has 1 aliphatic heterocycles. The van der Waals surface area contributed by atoms with Crippen LogP contribution >= 0.6 is 0 Å². The predicted octanol–water partition coefficient (Wildman–Crippen LogP) is 4.38. The molecule has 1 unspecified atom stereocenters. The lowest BCUT2D eigenvalue weighted by molar-refractivity contribution is -0.117. The minimum atomic E-state index is -1.39. The van der Waals surface area contributed by atoms with Gasteiger partial charge in [-0.15, -0.1) is 0 Å². The van der Waals surface area contributed by atoms with Crippen LogP contribution < -0.4 is 10.4 Å². The molecule has 0 spiro atoms. The number of hydrogen-bond donors (Lipinski definition) is 1. The zero-order valence-electron chi connectivity index (χ0n) is 16.5. The van der Waals surface area contributed by atoms with Gasteiger partial charge in [-0.1, -0.05) is 48.0 Å². The summed E-state index contributed by atoms with van der Waals surface area (Å²) in [6.45, 7) is 1.97. The molecule has 1 atom stereocenters. The average molecular weight is 400 g/mol. The number of nitrogens with zero attached hydrogens (tertiary/aromatic N) is 1. The van der Waals surface area contributed by atoms with Crippen LogP contribution in [0.4, 0.5) is 16.2 Å². The summed E-state index contributed by atoms with van der Waals surface area (Å²) in [6.07, 6.45) is -0.387. The number of quaternary nitrogens is 1. The highest BCUT2D eigenvalue weighted by molar-refractivity contribution is 6.02. The molecule has 0 saturated carbocycles. The van der Waals surface area contributed by atoms with Crippen LogP contribution in [-0.4, -0.2) is 12.0 Å². The van der Waals surface area contributed by atoms with E-state index in [1.54, 1.807) is 12.1 Å². The number of fused-ring (bicyclic) bond motifs is 4. The summed E-state index contributed by atoms with van der Waals surface area (Å²) in [7, 11) is 0. The third-order valence-corrected chi connectivity index (χ3v) is 5.88. The molecule has 3 aromatic rings. The lowest BCUT2D eigenvalue weighted by Crippen LogP contribution is -2.48. The van der Waals surface area contributed by atoms with E-state index >= 15 is 0 Å². The molecular weight excluding hydrogens is 380 g/mol. The van der Waals surface area contributed by atoms with Crippen molar-refractivity contribution in [1.82, 2.24) is 4.65 Å². The molecule has 3 aromatic carbocycles. The highest BCUT2D eigenvalue weighted by Gasteiger charge is 2.45. The van der Waals surface area contributed by atoms with Crippen molar-refractivity contribution in [1.29, 1.82) is 0 Å². The molecule has 0 saturated heterocycles. The second-order valence-corrected chi connectivity index (χ2v) is 7.88. The molecule has 0 fully saturated rings. The van der Waals surface area contributed by atoms with E-state index in [-0.39, 0.29) is 18.7 Å². The number of hydroxylamine groups is 1. The van der Waals surface area contributed by atoms with Crippen LogP contribution in [-0.2, 0) is 29.0 Å². The molecule has 150 valence electrons. The standard InChI is InChI=1S/C24H20N2O4/c1-14-6-9-20-18(10-14)13-30-24(28)26(20,29)23-17(12-21(25)27)8-7-16-11-15-4-2-3-5-19(15)22(16)23/h2-10H,11-13H2,1H3,(H2,25,27). The number of benzene rings is 3. The first-order valence-corrected chi connectivity index (χ1v) is 9.79. The maximum atomic E-state index is 14.5. The van der Waals surface area contributed by atoms with Crippen molar-refractivity contribution in [2.45, 2.75) is 26.4 Å². The normalized spacial score (nSPS) is 18.9. The fourth-order valence-electron chi connectivity index (χ4n) is 4.62. The Morgan fingerprint density at radius 2 is 1.90 bits per heavy atom. The Kier molecular flexibility index (Phi) is 4.03. The summed E-state index contributed by atoms with van der Waals surface area (Å²) in [5.41, 5.74) is 11.7. The van der Waals surface area contributed by atoms with Crippen LogP contribution in [0.3, 0.4) is 0 Å². The maximum Gasteiger partial charge on any atom is 0.526 e. The fourth-order valence-corrected chi connectivity index (χ4v) is 4.62. The summed E-state index contributed by atoms with van der Waals surface area (Å²) < 4.78 is 3.95. The van der Waals surface area contributed by atoms with Gasteiger partial charge in [0.25, 0.3) is 0 Å². The molecule has 1 heterocycles. The molecule has 2 amide bonds. The van der Waals surface area contributed by atoms with Gasteiger partial charge in [-0.05, 0) is 36.1 Å². The monoisotopic (exact) mass is 400 g/mol. The second kappa shape index (κ2) is 6.52. The molecule has 1 aliphatic carbocycles. The number of primary amides is 1. The Labute approximate surface area is 173 Å². The van der Waals surface area contributed by atoms with E-state index in [0.717, 1.165) is 22.3 Å². The van der Waals surface area contributed by atoms with Crippen LogP contribution in [0.5, 0.6) is 0 Å². The molecule has 0 aromatic heterocycles. The van der Waals surface area contributed by atoms with Gasteiger partial charge in [-0.3, -0.25) is 4.79 Å². The smallest absolute Gasteiger partial charge is 0.526 e. The first-order valence-electron chi connectivity index (χ1n) is 9.79. The van der Waals surface area contributed by atoms with Crippen molar-refractivity contribution in [3.63, 3.8) is 0 Å². The molecular formula is C24H20N2O4. The maximum absolute atomic E-state index is 14.5. The number of rotatable bonds is 3. The number of carbonyl (C=O) groups is 2. The Morgan fingerprint density at radius 3 is 2.70 bits per heavy atom. The van der Waals surface area contributed by atoms with Crippen molar-refractivity contribution >= 4 is 23.4 Å². The van der Waals surface area contributed by atoms with E-state index in [0.29, 0.717) is 28.8 Å². The number of amides is 2. The lowest BCUT2D eigenvalue weighted by atomic mass is 9.95. The van der Waals surface area contributed by atoms with Crippen LogP contribution in [0.25, 0.3) is 11.1 Å². The Balaban J connectivity index is 1.87. The van der Waals surface area contributed by atoms with E-state index in [9.17, 15) is 14.8 Å². The van der Waals surface area contributed by atoms with Gasteiger partial charge in [0.1, 0.15) is 6.61 Å². The van der Waals surface area contributed by atoms with Gasteiger partial charge in [-0.25, -0.2) is 0 Å². The number of hydrogen-bond acceptors (Lipinski definition) is 4. The van der Waals surface area contributed by atoms with E-state index in [4.69, 9.17) is 10.5 Å². The van der Waals surface area contributed by atoms with E-state index in [1.807, 2.05) is 49.4 Å². The highest BCUT2D eigenvalue weighted by atomic mass is 16.7. The minimum absolute atomic E-state index is 0.0504. The molecule has 0 bridgehead atoms. The lowest BCUT2D eigenvalue weighted by Gasteiger charge is -2.42. The summed E-state index contributed by atoms with van der Waals surface area (Å²) in [5.74, 6) is -0.566. The second-order valence-electron chi connectivity index (χ2n) is 7.88. The van der Waals surface area contributed by atoms with Crippen molar-refractivity contribution in [2.24, 2.45) is 5.73 Å². The number of cyclic esters (lactones) is 1. The molecule has 6 nitrogen and oxygen atoms in total. The van der Waals surface area contributed by atoms with E-state index in [2.05, 4.69) is 0 Å². The Hall–Kier alpha value is -3.48. The predicted molar refractivity (Wildman–Crippen MR) is 114 cm³/mol. The summed E-state index contributed by atoms with van der Waals surface area (Å²) >= 11 is 0. The number of ether oxygens (including phenoxy) is 1. The van der Waals surface area contributed by atoms with Crippen LogP contribution in [0.1, 0.15) is 27.8 Å². The first-order chi connectivity index (χ1) is 14.4. The average Bonchev–Trinajstić information content (AvgIpc) is 3.09. The molecule has 2 aliphatic rings.